The van der Waals surface area contributed by atoms with Crippen molar-refractivity contribution in [1.29, 1.82) is 0 Å². The summed E-state index contributed by atoms with van der Waals surface area (Å²) < 4.78 is 0. The van der Waals surface area contributed by atoms with Crippen LogP contribution in [0.2, 0.25) is 0 Å². The van der Waals surface area contributed by atoms with E-state index in [4.69, 9.17) is 0 Å². The van der Waals surface area contributed by atoms with Gasteiger partial charge < -0.3 is 4.90 Å². The van der Waals surface area contributed by atoms with Gasteiger partial charge >= 0.3 is 0 Å². The van der Waals surface area contributed by atoms with E-state index in [1.807, 2.05) is 12.4 Å². The summed E-state index contributed by atoms with van der Waals surface area (Å²) in [4.78, 5) is 6.47. The molecule has 1 aliphatic heterocycles. The summed E-state index contributed by atoms with van der Waals surface area (Å²) in [6.45, 7) is 7.02. The third kappa shape index (κ3) is 1.67. The SMILES string of the molecule is CC1CN(c2ccncc2)CC1C. The van der Waals surface area contributed by atoms with Gasteiger partial charge in [-0.1, -0.05) is 13.8 Å². The lowest BCUT2D eigenvalue weighted by Crippen LogP contribution is -2.19. The van der Waals surface area contributed by atoms with Gasteiger partial charge in [-0.2, -0.15) is 0 Å². The van der Waals surface area contributed by atoms with E-state index in [-0.39, 0.29) is 0 Å². The maximum atomic E-state index is 4.03. The molecule has 1 fully saturated rings. The van der Waals surface area contributed by atoms with Crippen molar-refractivity contribution >= 4 is 5.69 Å². The number of anilines is 1. The van der Waals surface area contributed by atoms with Crippen LogP contribution < -0.4 is 4.90 Å². The number of aromatic nitrogens is 1. The van der Waals surface area contributed by atoms with Crippen molar-refractivity contribution in [3.05, 3.63) is 24.5 Å². The zero-order chi connectivity index (χ0) is 9.26. The second-order valence-corrected chi connectivity index (χ2v) is 4.06. The molecule has 0 aliphatic carbocycles. The van der Waals surface area contributed by atoms with Gasteiger partial charge in [-0.25, -0.2) is 0 Å². The van der Waals surface area contributed by atoms with Crippen molar-refractivity contribution in [2.45, 2.75) is 13.8 Å². The summed E-state index contributed by atoms with van der Waals surface area (Å²) in [5.41, 5.74) is 1.31. The molecule has 0 spiro atoms. The fourth-order valence-electron chi connectivity index (χ4n) is 1.90. The Morgan fingerprint density at radius 2 is 1.69 bits per heavy atom. The molecule has 70 valence electrons. The van der Waals surface area contributed by atoms with Gasteiger partial charge in [0.05, 0.1) is 0 Å². The predicted molar refractivity (Wildman–Crippen MR) is 54.8 cm³/mol. The molecule has 0 N–H and O–H groups in total. The summed E-state index contributed by atoms with van der Waals surface area (Å²) in [7, 11) is 0. The van der Waals surface area contributed by atoms with E-state index in [0.29, 0.717) is 0 Å². The lowest BCUT2D eigenvalue weighted by atomic mass is 10.0. The van der Waals surface area contributed by atoms with Crippen molar-refractivity contribution in [2.24, 2.45) is 11.8 Å². The van der Waals surface area contributed by atoms with Gasteiger partial charge in [-0.05, 0) is 24.0 Å². The average molecular weight is 176 g/mol. The minimum atomic E-state index is 0.813. The highest BCUT2D eigenvalue weighted by molar-refractivity contribution is 5.45. The molecule has 0 amide bonds. The number of pyridine rings is 1. The third-order valence-electron chi connectivity index (χ3n) is 3.02. The van der Waals surface area contributed by atoms with Crippen LogP contribution in [-0.2, 0) is 0 Å². The zero-order valence-electron chi connectivity index (χ0n) is 8.27. The Balaban J connectivity index is 2.12. The molecule has 0 bridgehead atoms. The van der Waals surface area contributed by atoms with Crippen molar-refractivity contribution in [3.8, 4) is 0 Å². The van der Waals surface area contributed by atoms with E-state index in [1.54, 1.807) is 0 Å². The van der Waals surface area contributed by atoms with Gasteiger partial charge in [0.15, 0.2) is 0 Å². The molecular weight excluding hydrogens is 160 g/mol. The monoisotopic (exact) mass is 176 g/mol. The zero-order valence-corrected chi connectivity index (χ0v) is 8.27. The smallest absolute Gasteiger partial charge is 0.0397 e. The number of hydrogen-bond donors (Lipinski definition) is 0. The van der Waals surface area contributed by atoms with Crippen LogP contribution in [0.1, 0.15) is 13.8 Å². The van der Waals surface area contributed by atoms with E-state index in [1.165, 1.54) is 18.8 Å². The van der Waals surface area contributed by atoms with Crippen LogP contribution in [0.25, 0.3) is 0 Å². The van der Waals surface area contributed by atoms with Crippen molar-refractivity contribution < 1.29 is 0 Å². The van der Waals surface area contributed by atoms with Gasteiger partial charge in [0.2, 0.25) is 0 Å². The maximum Gasteiger partial charge on any atom is 0.0397 e. The molecule has 1 saturated heterocycles. The normalized spacial score (nSPS) is 28.0. The van der Waals surface area contributed by atoms with E-state index >= 15 is 0 Å². The third-order valence-corrected chi connectivity index (χ3v) is 3.02. The quantitative estimate of drug-likeness (QED) is 0.652. The summed E-state index contributed by atoms with van der Waals surface area (Å²) in [6.07, 6.45) is 3.73. The van der Waals surface area contributed by atoms with Gasteiger partial charge in [0.25, 0.3) is 0 Å². The molecule has 2 nitrogen and oxygen atoms in total. The number of nitrogens with zero attached hydrogens (tertiary/aromatic N) is 2. The summed E-state index contributed by atoms with van der Waals surface area (Å²) >= 11 is 0. The number of hydrogen-bond acceptors (Lipinski definition) is 2. The first-order valence-corrected chi connectivity index (χ1v) is 4.92. The number of rotatable bonds is 1. The first-order chi connectivity index (χ1) is 6.27. The van der Waals surface area contributed by atoms with Crippen molar-refractivity contribution in [1.82, 2.24) is 4.98 Å². The molecule has 2 unspecified atom stereocenters. The summed E-state index contributed by atoms with van der Waals surface area (Å²) in [6, 6.07) is 4.18. The molecule has 2 heterocycles. The van der Waals surface area contributed by atoms with Crippen LogP contribution in [-0.4, -0.2) is 18.1 Å². The molecule has 0 radical (unpaired) electrons. The van der Waals surface area contributed by atoms with Crippen LogP contribution in [0.15, 0.2) is 24.5 Å². The lowest BCUT2D eigenvalue weighted by molar-refractivity contribution is 0.494. The van der Waals surface area contributed by atoms with Crippen LogP contribution in [0, 0.1) is 11.8 Å². The fourth-order valence-corrected chi connectivity index (χ4v) is 1.90. The van der Waals surface area contributed by atoms with Crippen LogP contribution in [0.4, 0.5) is 5.69 Å². The van der Waals surface area contributed by atoms with Gasteiger partial charge in [-0.3, -0.25) is 4.98 Å². The Kier molecular flexibility index (Phi) is 2.21. The van der Waals surface area contributed by atoms with Crippen molar-refractivity contribution in [2.75, 3.05) is 18.0 Å². The fraction of sp³-hybridized carbons (Fsp3) is 0.545. The first kappa shape index (κ1) is 8.54. The van der Waals surface area contributed by atoms with E-state index in [0.717, 1.165) is 11.8 Å². The molecule has 1 aromatic heterocycles. The first-order valence-electron chi connectivity index (χ1n) is 4.92. The molecule has 13 heavy (non-hydrogen) atoms. The Bertz CT molecular complexity index is 261. The molecule has 1 aliphatic rings. The van der Waals surface area contributed by atoms with Crippen molar-refractivity contribution in [3.63, 3.8) is 0 Å². The highest BCUT2D eigenvalue weighted by atomic mass is 15.2. The largest absolute Gasteiger partial charge is 0.371 e. The van der Waals surface area contributed by atoms with Gasteiger partial charge in [0.1, 0.15) is 0 Å². The molecular formula is C11H16N2. The highest BCUT2D eigenvalue weighted by Crippen LogP contribution is 2.26. The van der Waals surface area contributed by atoms with E-state index < -0.39 is 0 Å². The Labute approximate surface area is 79.6 Å². The highest BCUT2D eigenvalue weighted by Gasteiger charge is 2.25. The molecule has 1 aromatic rings. The molecule has 2 rings (SSSR count). The summed E-state index contributed by atoms with van der Waals surface area (Å²) in [5.74, 6) is 1.63. The van der Waals surface area contributed by atoms with Gasteiger partial charge in [-0.15, -0.1) is 0 Å². The molecule has 0 saturated carbocycles. The Morgan fingerprint density at radius 3 is 2.23 bits per heavy atom. The van der Waals surface area contributed by atoms with E-state index in [9.17, 15) is 0 Å². The molecule has 0 aromatic carbocycles. The average Bonchev–Trinajstić information content (AvgIpc) is 2.49. The minimum Gasteiger partial charge on any atom is -0.371 e. The molecule has 2 atom stereocenters. The molecule has 2 heteroatoms. The topological polar surface area (TPSA) is 16.1 Å². The van der Waals surface area contributed by atoms with Crippen LogP contribution in [0.5, 0.6) is 0 Å². The van der Waals surface area contributed by atoms with Crippen LogP contribution >= 0.6 is 0 Å². The predicted octanol–water partition coefficient (Wildman–Crippen LogP) is 2.17. The lowest BCUT2D eigenvalue weighted by Gasteiger charge is -2.17. The Morgan fingerprint density at radius 1 is 1.15 bits per heavy atom. The second-order valence-electron chi connectivity index (χ2n) is 4.06. The van der Waals surface area contributed by atoms with Crippen LogP contribution in [0.3, 0.4) is 0 Å². The minimum absolute atomic E-state index is 0.813. The van der Waals surface area contributed by atoms with E-state index in [2.05, 4.69) is 35.9 Å². The standard InChI is InChI=1S/C11H16N2/c1-9-7-13(8-10(9)2)11-3-5-12-6-4-11/h3-6,9-10H,7-8H2,1-2H3. The second kappa shape index (κ2) is 3.36. The summed E-state index contributed by atoms with van der Waals surface area (Å²) in [5, 5.41) is 0. The van der Waals surface area contributed by atoms with Gasteiger partial charge in [0, 0.05) is 31.2 Å². The Hall–Kier alpha value is -1.05. The maximum absolute atomic E-state index is 4.03.